The minimum Gasteiger partial charge on any atom is -0.462 e. The first-order valence-electron chi connectivity index (χ1n) is 10.5. The van der Waals surface area contributed by atoms with Gasteiger partial charge in [-0.05, 0) is 51.0 Å². The van der Waals surface area contributed by atoms with Crippen molar-refractivity contribution in [3.63, 3.8) is 0 Å². The van der Waals surface area contributed by atoms with Crippen LogP contribution >= 0.6 is 0 Å². The Morgan fingerprint density at radius 2 is 1.83 bits per heavy atom. The molecule has 2 aromatic rings. The van der Waals surface area contributed by atoms with E-state index >= 15 is 0 Å². The Hall–Kier alpha value is -2.57. The number of nitrogens with zero attached hydrogens (tertiary/aromatic N) is 1. The molecule has 0 atom stereocenters. The molecule has 0 unspecified atom stereocenters. The molecule has 30 heavy (non-hydrogen) atoms. The summed E-state index contributed by atoms with van der Waals surface area (Å²) in [7, 11) is 0. The van der Waals surface area contributed by atoms with Crippen LogP contribution in [0.5, 0.6) is 0 Å². The zero-order valence-corrected chi connectivity index (χ0v) is 18.7. The number of hydrogen-bond donors (Lipinski definition) is 3. The maximum absolute atomic E-state index is 9.60. The molecule has 0 spiro atoms. The number of aryl methyl sites for hydroxylation is 1. The summed E-state index contributed by atoms with van der Waals surface area (Å²) in [6.07, 6.45) is 0. The molecule has 6 nitrogen and oxygen atoms in total. The number of piperazine rings is 1. The number of anilines is 2. The minimum atomic E-state index is -0.318. The van der Waals surface area contributed by atoms with E-state index in [1.54, 1.807) is 0 Å². The van der Waals surface area contributed by atoms with Crippen molar-refractivity contribution >= 4 is 17.8 Å². The summed E-state index contributed by atoms with van der Waals surface area (Å²) in [5.74, 6) is 0. The van der Waals surface area contributed by atoms with E-state index in [0.717, 1.165) is 38.4 Å². The second kappa shape index (κ2) is 11.6. The fraction of sp³-hybridized carbons (Fsp3) is 0.458. The van der Waals surface area contributed by atoms with Gasteiger partial charge in [0.15, 0.2) is 0 Å². The van der Waals surface area contributed by atoms with Gasteiger partial charge in [0.05, 0.1) is 0 Å². The summed E-state index contributed by atoms with van der Waals surface area (Å²) >= 11 is 0. The Labute approximate surface area is 180 Å². The molecule has 0 aromatic heterocycles. The number of nitrogens with one attached hydrogen (secondary N) is 2. The minimum absolute atomic E-state index is 0.318. The second-order valence-corrected chi connectivity index (χ2v) is 8.35. The Morgan fingerprint density at radius 3 is 2.40 bits per heavy atom. The van der Waals surface area contributed by atoms with Gasteiger partial charge in [-0.3, -0.25) is 4.79 Å². The zero-order valence-electron chi connectivity index (χ0n) is 18.7. The molecular weight excluding hydrogens is 376 g/mol. The highest BCUT2D eigenvalue weighted by Gasteiger charge is 2.15. The monoisotopic (exact) mass is 412 g/mol. The average molecular weight is 413 g/mol. The standard InChI is InChI=1S/C19H26N4.C5H10O2/c1-15-5-2-3-6-16(15)14-22-18-7-4-8-19(17(18)13-20)23-11-9-21-10-12-23;1-5(2,3)7-4-6/h2-8,21-22H,9-14,20H2,1H3;4H,1-3H3. The van der Waals surface area contributed by atoms with E-state index in [-0.39, 0.29) is 5.60 Å². The fourth-order valence-electron chi connectivity index (χ4n) is 3.30. The van der Waals surface area contributed by atoms with Gasteiger partial charge in [-0.1, -0.05) is 30.3 Å². The largest absolute Gasteiger partial charge is 0.462 e. The SMILES string of the molecule is CC(C)(C)OC=O.Cc1ccccc1CNc1cccc(N2CCNCC2)c1CN. The lowest BCUT2D eigenvalue weighted by atomic mass is 10.1. The second-order valence-electron chi connectivity index (χ2n) is 8.35. The van der Waals surface area contributed by atoms with Crippen LogP contribution in [0.1, 0.15) is 37.5 Å². The average Bonchev–Trinajstić information content (AvgIpc) is 2.73. The highest BCUT2D eigenvalue weighted by molar-refractivity contribution is 5.67. The van der Waals surface area contributed by atoms with Crippen LogP contribution < -0.4 is 21.3 Å². The smallest absolute Gasteiger partial charge is 0.293 e. The van der Waals surface area contributed by atoms with Crippen LogP contribution in [0.4, 0.5) is 11.4 Å². The summed E-state index contributed by atoms with van der Waals surface area (Å²) in [4.78, 5) is 12.0. The Bertz CT molecular complexity index is 796. The lowest BCUT2D eigenvalue weighted by Gasteiger charge is -2.32. The van der Waals surface area contributed by atoms with Crippen LogP contribution in [0.2, 0.25) is 0 Å². The normalized spacial score (nSPS) is 13.8. The van der Waals surface area contributed by atoms with E-state index in [2.05, 4.69) is 69.7 Å². The molecule has 1 aliphatic heterocycles. The Kier molecular flexibility index (Phi) is 9.15. The van der Waals surface area contributed by atoms with Gasteiger partial charge in [0, 0.05) is 56.2 Å². The highest BCUT2D eigenvalue weighted by atomic mass is 16.5. The van der Waals surface area contributed by atoms with Gasteiger partial charge in [0.2, 0.25) is 0 Å². The third-order valence-electron chi connectivity index (χ3n) is 4.95. The van der Waals surface area contributed by atoms with Crippen molar-refractivity contribution in [2.45, 2.75) is 46.4 Å². The topological polar surface area (TPSA) is 79.6 Å². The molecule has 0 bridgehead atoms. The van der Waals surface area contributed by atoms with Crippen LogP contribution in [0, 0.1) is 6.92 Å². The molecule has 2 aromatic carbocycles. The molecule has 4 N–H and O–H groups in total. The lowest BCUT2D eigenvalue weighted by Crippen LogP contribution is -2.44. The number of rotatable bonds is 6. The van der Waals surface area contributed by atoms with E-state index in [1.807, 2.05) is 20.8 Å². The summed E-state index contributed by atoms with van der Waals surface area (Å²) in [6.45, 7) is 13.6. The molecule has 0 amide bonds. The molecule has 164 valence electrons. The quantitative estimate of drug-likeness (QED) is 0.631. The first-order valence-corrected chi connectivity index (χ1v) is 10.5. The van der Waals surface area contributed by atoms with Gasteiger partial charge in [-0.15, -0.1) is 0 Å². The van der Waals surface area contributed by atoms with Crippen molar-refractivity contribution in [2.24, 2.45) is 5.73 Å². The van der Waals surface area contributed by atoms with E-state index in [0.29, 0.717) is 13.0 Å². The number of hydrogen-bond acceptors (Lipinski definition) is 6. The van der Waals surface area contributed by atoms with Crippen LogP contribution in [0.15, 0.2) is 42.5 Å². The molecule has 1 aliphatic rings. The first-order chi connectivity index (χ1) is 14.4. The summed E-state index contributed by atoms with van der Waals surface area (Å²) in [6, 6.07) is 14.9. The van der Waals surface area contributed by atoms with Crippen molar-refractivity contribution in [1.82, 2.24) is 5.32 Å². The van der Waals surface area contributed by atoms with E-state index in [4.69, 9.17) is 5.73 Å². The van der Waals surface area contributed by atoms with Gasteiger partial charge in [0.1, 0.15) is 5.60 Å². The summed E-state index contributed by atoms with van der Waals surface area (Å²) < 4.78 is 4.55. The molecule has 1 saturated heterocycles. The predicted octanol–water partition coefficient (Wildman–Crippen LogP) is 3.43. The van der Waals surface area contributed by atoms with Crippen molar-refractivity contribution in [1.29, 1.82) is 0 Å². The lowest BCUT2D eigenvalue weighted by molar-refractivity contribution is -0.138. The summed E-state index contributed by atoms with van der Waals surface area (Å²) in [5.41, 5.74) is 12.0. The molecule has 0 aliphatic carbocycles. The van der Waals surface area contributed by atoms with Crippen LogP contribution in [0.3, 0.4) is 0 Å². The summed E-state index contributed by atoms with van der Waals surface area (Å²) in [5, 5.41) is 6.98. The number of carbonyl (C=O) groups is 1. The fourth-order valence-corrected chi connectivity index (χ4v) is 3.30. The van der Waals surface area contributed by atoms with Crippen LogP contribution in [0.25, 0.3) is 0 Å². The Balaban J connectivity index is 0.000000396. The van der Waals surface area contributed by atoms with Crippen molar-refractivity contribution < 1.29 is 9.53 Å². The first kappa shape index (κ1) is 23.7. The van der Waals surface area contributed by atoms with Crippen molar-refractivity contribution in [2.75, 3.05) is 36.4 Å². The Morgan fingerprint density at radius 1 is 1.13 bits per heavy atom. The zero-order chi connectivity index (χ0) is 22.0. The molecular formula is C24H36N4O2. The van der Waals surface area contributed by atoms with Crippen molar-refractivity contribution in [3.05, 3.63) is 59.2 Å². The van der Waals surface area contributed by atoms with Gasteiger partial charge < -0.3 is 26.0 Å². The van der Waals surface area contributed by atoms with E-state index < -0.39 is 0 Å². The molecule has 0 radical (unpaired) electrons. The van der Waals surface area contributed by atoms with Gasteiger partial charge in [-0.25, -0.2) is 0 Å². The number of carbonyl (C=O) groups excluding carboxylic acids is 1. The molecule has 3 rings (SSSR count). The highest BCUT2D eigenvalue weighted by Crippen LogP contribution is 2.28. The van der Waals surface area contributed by atoms with Gasteiger partial charge in [0.25, 0.3) is 6.47 Å². The van der Waals surface area contributed by atoms with Crippen LogP contribution in [-0.4, -0.2) is 38.3 Å². The van der Waals surface area contributed by atoms with Crippen molar-refractivity contribution in [3.8, 4) is 0 Å². The molecule has 1 fully saturated rings. The maximum atomic E-state index is 9.60. The third kappa shape index (κ3) is 7.35. The molecule has 0 saturated carbocycles. The number of benzene rings is 2. The van der Waals surface area contributed by atoms with Gasteiger partial charge in [-0.2, -0.15) is 0 Å². The number of ether oxygens (including phenoxy) is 1. The van der Waals surface area contributed by atoms with Crippen LogP contribution in [-0.2, 0) is 22.6 Å². The van der Waals surface area contributed by atoms with E-state index in [1.165, 1.54) is 22.4 Å². The number of nitrogens with two attached hydrogens (primary N) is 1. The molecule has 1 heterocycles. The maximum Gasteiger partial charge on any atom is 0.293 e. The van der Waals surface area contributed by atoms with E-state index in [9.17, 15) is 4.79 Å². The predicted molar refractivity (Wildman–Crippen MR) is 125 cm³/mol. The van der Waals surface area contributed by atoms with Gasteiger partial charge >= 0.3 is 0 Å². The molecule has 6 heteroatoms. The third-order valence-corrected chi connectivity index (χ3v) is 4.95.